The highest BCUT2D eigenvalue weighted by Gasteiger charge is 2.08. The fourth-order valence-electron chi connectivity index (χ4n) is 1.81. The third-order valence-electron chi connectivity index (χ3n) is 3.03. The van der Waals surface area contributed by atoms with E-state index in [0.29, 0.717) is 17.1 Å². The number of methoxy groups -OCH3 is 1. The molecule has 0 aliphatic heterocycles. The molecule has 0 aliphatic rings. The van der Waals surface area contributed by atoms with Crippen LogP contribution in [-0.4, -0.2) is 51.2 Å². The van der Waals surface area contributed by atoms with E-state index in [1.165, 1.54) is 26.3 Å². The maximum atomic E-state index is 11.7. The van der Waals surface area contributed by atoms with E-state index < -0.39 is 18.5 Å². The summed E-state index contributed by atoms with van der Waals surface area (Å²) in [6.45, 7) is 3.18. The molecule has 0 saturated heterocycles. The van der Waals surface area contributed by atoms with Gasteiger partial charge in [0.25, 0.3) is 5.91 Å². The van der Waals surface area contributed by atoms with Gasteiger partial charge in [-0.25, -0.2) is 4.79 Å². The van der Waals surface area contributed by atoms with Gasteiger partial charge in [-0.2, -0.15) is 0 Å². The first-order valence-electron chi connectivity index (χ1n) is 8.02. The van der Waals surface area contributed by atoms with Gasteiger partial charge in [-0.15, -0.1) is 0 Å². The Morgan fingerprint density at radius 2 is 1.88 bits per heavy atom. The fourth-order valence-corrected chi connectivity index (χ4v) is 1.81. The summed E-state index contributed by atoms with van der Waals surface area (Å²) in [7, 11) is 2.98. The summed E-state index contributed by atoms with van der Waals surface area (Å²) >= 11 is 0. The van der Waals surface area contributed by atoms with Crippen LogP contribution >= 0.6 is 0 Å². The first kappa shape index (κ1) is 21.0. The molecule has 8 nitrogen and oxygen atoms in total. The monoisotopic (exact) mass is 364 g/mol. The lowest BCUT2D eigenvalue weighted by molar-refractivity contribution is -0.143. The molecule has 0 fully saturated rings. The fraction of sp³-hybridized carbons (Fsp3) is 0.389. The summed E-state index contributed by atoms with van der Waals surface area (Å²) in [4.78, 5) is 34.1. The van der Waals surface area contributed by atoms with Crippen LogP contribution in [0.15, 0.2) is 24.3 Å². The van der Waals surface area contributed by atoms with Gasteiger partial charge in [0.15, 0.2) is 18.1 Å². The standard InChI is InChI=1S/C18H24N2O6/c1-12(2)26-14-7-5-13(9-15(14)24-4)6-8-18(23)25-11-17(22)20-10-16(21)19-3/h5-9,12H,10-11H2,1-4H3,(H,19,21)(H,20,22)/b8-6+. The van der Waals surface area contributed by atoms with Crippen molar-refractivity contribution in [3.05, 3.63) is 29.8 Å². The average molecular weight is 364 g/mol. The molecule has 0 radical (unpaired) electrons. The van der Waals surface area contributed by atoms with Crippen molar-refractivity contribution in [2.45, 2.75) is 20.0 Å². The van der Waals surface area contributed by atoms with E-state index in [9.17, 15) is 14.4 Å². The van der Waals surface area contributed by atoms with Crippen molar-refractivity contribution in [3.8, 4) is 11.5 Å². The first-order chi connectivity index (χ1) is 12.3. The Morgan fingerprint density at radius 3 is 2.50 bits per heavy atom. The van der Waals surface area contributed by atoms with E-state index in [-0.39, 0.29) is 18.6 Å². The highest BCUT2D eigenvalue weighted by molar-refractivity contribution is 5.90. The number of ether oxygens (including phenoxy) is 3. The van der Waals surface area contributed by atoms with Crippen molar-refractivity contribution in [2.24, 2.45) is 0 Å². The van der Waals surface area contributed by atoms with E-state index in [1.807, 2.05) is 13.8 Å². The van der Waals surface area contributed by atoms with Crippen LogP contribution in [0.5, 0.6) is 11.5 Å². The number of benzene rings is 1. The molecular weight excluding hydrogens is 340 g/mol. The van der Waals surface area contributed by atoms with Gasteiger partial charge in [0, 0.05) is 13.1 Å². The summed E-state index contributed by atoms with van der Waals surface area (Å²) in [5.41, 5.74) is 0.707. The number of likely N-dealkylation sites (N-methyl/N-ethyl adjacent to an activating group) is 1. The van der Waals surface area contributed by atoms with Gasteiger partial charge in [-0.3, -0.25) is 9.59 Å². The minimum atomic E-state index is -0.679. The topological polar surface area (TPSA) is 103 Å². The van der Waals surface area contributed by atoms with Crippen molar-refractivity contribution in [1.82, 2.24) is 10.6 Å². The lowest BCUT2D eigenvalue weighted by Crippen LogP contribution is -2.37. The van der Waals surface area contributed by atoms with Crippen LogP contribution in [0.25, 0.3) is 6.08 Å². The number of hydrogen-bond acceptors (Lipinski definition) is 6. The second-order valence-electron chi connectivity index (χ2n) is 5.47. The van der Waals surface area contributed by atoms with Crippen molar-refractivity contribution in [2.75, 3.05) is 27.3 Å². The lowest BCUT2D eigenvalue weighted by atomic mass is 10.2. The third-order valence-corrected chi connectivity index (χ3v) is 3.03. The average Bonchev–Trinajstić information content (AvgIpc) is 2.62. The maximum absolute atomic E-state index is 11.7. The molecule has 1 rings (SSSR count). The van der Waals surface area contributed by atoms with Gasteiger partial charge in [-0.1, -0.05) is 6.07 Å². The van der Waals surface area contributed by atoms with Crippen LogP contribution in [-0.2, 0) is 19.1 Å². The number of esters is 1. The molecule has 0 atom stereocenters. The number of carbonyl (C=O) groups excluding carboxylic acids is 3. The molecule has 0 aromatic heterocycles. The van der Waals surface area contributed by atoms with Crippen LogP contribution < -0.4 is 20.1 Å². The summed E-state index contributed by atoms with van der Waals surface area (Å²) < 4.78 is 15.7. The zero-order valence-corrected chi connectivity index (χ0v) is 15.3. The number of rotatable bonds is 9. The highest BCUT2D eigenvalue weighted by atomic mass is 16.5. The molecule has 2 N–H and O–H groups in total. The first-order valence-corrected chi connectivity index (χ1v) is 8.02. The Kier molecular flexibility index (Phi) is 8.69. The Morgan fingerprint density at radius 1 is 1.15 bits per heavy atom. The van der Waals surface area contributed by atoms with Gasteiger partial charge < -0.3 is 24.8 Å². The largest absolute Gasteiger partial charge is 0.493 e. The lowest BCUT2D eigenvalue weighted by Gasteiger charge is -2.13. The van der Waals surface area contributed by atoms with E-state index in [0.717, 1.165) is 0 Å². The van der Waals surface area contributed by atoms with E-state index in [2.05, 4.69) is 10.6 Å². The van der Waals surface area contributed by atoms with E-state index in [1.54, 1.807) is 18.2 Å². The second-order valence-corrected chi connectivity index (χ2v) is 5.47. The van der Waals surface area contributed by atoms with Gasteiger partial charge in [0.05, 0.1) is 19.8 Å². The molecule has 0 aliphatic carbocycles. The summed E-state index contributed by atoms with van der Waals surface area (Å²) in [5.74, 6) is -0.435. The normalized spacial score (nSPS) is 10.5. The predicted octanol–water partition coefficient (Wildman–Crippen LogP) is 0.901. The number of carbonyl (C=O) groups is 3. The Balaban J connectivity index is 2.54. The third kappa shape index (κ3) is 7.69. The molecule has 8 heteroatoms. The molecule has 0 bridgehead atoms. The van der Waals surface area contributed by atoms with Gasteiger partial charge in [0.2, 0.25) is 5.91 Å². The minimum absolute atomic E-state index is 0.00909. The van der Waals surface area contributed by atoms with Crippen molar-refractivity contribution < 1.29 is 28.6 Å². The van der Waals surface area contributed by atoms with Crippen LogP contribution in [0, 0.1) is 0 Å². The molecule has 0 unspecified atom stereocenters. The Hall–Kier alpha value is -3.03. The number of hydrogen-bond donors (Lipinski definition) is 2. The van der Waals surface area contributed by atoms with Crippen LogP contribution in [0.3, 0.4) is 0 Å². The molecule has 0 saturated carbocycles. The molecule has 2 amide bonds. The quantitative estimate of drug-likeness (QED) is 0.499. The Labute approximate surface area is 152 Å². The highest BCUT2D eigenvalue weighted by Crippen LogP contribution is 2.29. The minimum Gasteiger partial charge on any atom is -0.493 e. The van der Waals surface area contributed by atoms with Gasteiger partial charge >= 0.3 is 5.97 Å². The summed E-state index contributed by atoms with van der Waals surface area (Å²) in [5, 5.41) is 4.67. The zero-order chi connectivity index (χ0) is 19.5. The smallest absolute Gasteiger partial charge is 0.331 e. The molecule has 142 valence electrons. The van der Waals surface area contributed by atoms with E-state index in [4.69, 9.17) is 14.2 Å². The van der Waals surface area contributed by atoms with Crippen molar-refractivity contribution >= 4 is 23.9 Å². The molecule has 1 aromatic rings. The number of nitrogens with one attached hydrogen (secondary N) is 2. The predicted molar refractivity (Wildman–Crippen MR) is 95.8 cm³/mol. The van der Waals surface area contributed by atoms with Crippen LogP contribution in [0.4, 0.5) is 0 Å². The van der Waals surface area contributed by atoms with Crippen LogP contribution in [0.1, 0.15) is 19.4 Å². The molecule has 1 aromatic carbocycles. The van der Waals surface area contributed by atoms with Crippen molar-refractivity contribution in [1.29, 1.82) is 0 Å². The van der Waals surface area contributed by atoms with Gasteiger partial charge in [-0.05, 0) is 37.6 Å². The number of amides is 2. The summed E-state index contributed by atoms with van der Waals surface area (Å²) in [6.07, 6.45) is 2.74. The van der Waals surface area contributed by atoms with Crippen molar-refractivity contribution in [3.63, 3.8) is 0 Å². The van der Waals surface area contributed by atoms with Crippen LogP contribution in [0.2, 0.25) is 0 Å². The molecule has 26 heavy (non-hydrogen) atoms. The zero-order valence-electron chi connectivity index (χ0n) is 15.3. The van der Waals surface area contributed by atoms with E-state index >= 15 is 0 Å². The molecular formula is C18H24N2O6. The molecule has 0 spiro atoms. The second kappa shape index (κ2) is 10.8. The maximum Gasteiger partial charge on any atom is 0.331 e. The molecule has 0 heterocycles. The summed E-state index contributed by atoms with van der Waals surface area (Å²) in [6, 6.07) is 5.23. The SMILES string of the molecule is CNC(=O)CNC(=O)COC(=O)/C=C/c1ccc(OC(C)C)c(OC)c1. The van der Waals surface area contributed by atoms with Gasteiger partial charge in [0.1, 0.15) is 0 Å². The Bertz CT molecular complexity index is 670.